The van der Waals surface area contributed by atoms with E-state index in [0.717, 1.165) is 76.2 Å². The van der Waals surface area contributed by atoms with Crippen molar-refractivity contribution in [1.29, 1.82) is 0 Å². The SMILES string of the molecule is Cc1c(C(=O)N(C)c2ccccc2)cc(-c2cc3c(cc2C(=O)N2Cc4ccccc4C[C@H]2CN2CCOCC2)CN(C(=O)Oc2cccc4ccccc24)CC3)n1C. The highest BCUT2D eigenvalue weighted by atomic mass is 16.6. The van der Waals surface area contributed by atoms with Crippen LogP contribution >= 0.6 is 0 Å². The van der Waals surface area contributed by atoms with Gasteiger partial charge in [-0.1, -0.05) is 78.9 Å². The van der Waals surface area contributed by atoms with Crippen molar-refractivity contribution >= 4 is 34.4 Å². The Morgan fingerprint density at radius 3 is 2.31 bits per heavy atom. The number of carbonyl (C=O) groups is 3. The second-order valence-electron chi connectivity index (χ2n) is 15.9. The minimum Gasteiger partial charge on any atom is -0.410 e. The normalized spacial score (nSPS) is 16.7. The van der Waals surface area contributed by atoms with E-state index in [1.807, 2.05) is 114 Å². The number of carbonyl (C=O) groups excluding carboxylic acids is 3. The lowest BCUT2D eigenvalue weighted by Crippen LogP contribution is -2.52. The summed E-state index contributed by atoms with van der Waals surface area (Å²) >= 11 is 0. The van der Waals surface area contributed by atoms with E-state index in [1.54, 1.807) is 16.8 Å². The molecule has 1 saturated heterocycles. The topological polar surface area (TPSA) is 87.6 Å². The molecule has 0 bridgehead atoms. The largest absolute Gasteiger partial charge is 0.415 e. The summed E-state index contributed by atoms with van der Waals surface area (Å²) < 4.78 is 13.7. The van der Waals surface area contributed by atoms with Crippen LogP contribution in [0.25, 0.3) is 22.0 Å². The minimum absolute atomic E-state index is 0.0571. The molecule has 6 aromatic rings. The third-order valence-electron chi connectivity index (χ3n) is 12.5. The van der Waals surface area contributed by atoms with E-state index in [4.69, 9.17) is 9.47 Å². The first-order chi connectivity index (χ1) is 28.7. The van der Waals surface area contributed by atoms with Crippen LogP contribution in [0.1, 0.15) is 48.7 Å². The molecule has 0 radical (unpaired) electrons. The third-order valence-corrected chi connectivity index (χ3v) is 12.5. The van der Waals surface area contributed by atoms with Crippen molar-refractivity contribution in [2.45, 2.75) is 38.9 Å². The molecule has 9 rings (SSSR count). The summed E-state index contributed by atoms with van der Waals surface area (Å²) in [5.41, 5.74) is 8.68. The maximum atomic E-state index is 15.4. The van der Waals surface area contributed by atoms with Crippen molar-refractivity contribution in [3.63, 3.8) is 0 Å². The Bertz CT molecular complexity index is 2550. The van der Waals surface area contributed by atoms with Crippen molar-refractivity contribution in [2.24, 2.45) is 7.05 Å². The summed E-state index contributed by atoms with van der Waals surface area (Å²) in [6, 6.07) is 37.6. The Hall–Kier alpha value is -6.23. The van der Waals surface area contributed by atoms with Gasteiger partial charge in [0.15, 0.2) is 0 Å². The van der Waals surface area contributed by atoms with Crippen LogP contribution in [0.4, 0.5) is 10.5 Å². The zero-order valence-corrected chi connectivity index (χ0v) is 33.9. The Labute approximate surface area is 345 Å². The van der Waals surface area contributed by atoms with E-state index in [-0.39, 0.29) is 17.9 Å². The van der Waals surface area contributed by atoms with Gasteiger partial charge in [0, 0.05) is 93.0 Å². The minimum atomic E-state index is -0.425. The fraction of sp³-hybridized carbons (Fsp3) is 0.286. The molecular formula is C49H49N5O5. The molecule has 3 aliphatic heterocycles. The molecule has 1 fully saturated rings. The van der Waals surface area contributed by atoms with E-state index in [9.17, 15) is 9.59 Å². The first-order valence-electron chi connectivity index (χ1n) is 20.5. The first-order valence-corrected chi connectivity index (χ1v) is 20.5. The zero-order chi connectivity index (χ0) is 40.6. The van der Waals surface area contributed by atoms with Gasteiger partial charge < -0.3 is 28.7 Å². The molecule has 10 heteroatoms. The Balaban J connectivity index is 1.10. The summed E-state index contributed by atoms with van der Waals surface area (Å²) in [6.45, 7) is 6.96. The molecule has 3 amide bonds. The maximum Gasteiger partial charge on any atom is 0.415 e. The van der Waals surface area contributed by atoms with E-state index >= 15 is 4.79 Å². The summed E-state index contributed by atoms with van der Waals surface area (Å²) in [5, 5.41) is 1.87. The van der Waals surface area contributed by atoms with Crippen molar-refractivity contribution in [3.8, 4) is 17.0 Å². The van der Waals surface area contributed by atoms with Gasteiger partial charge in [-0.3, -0.25) is 14.5 Å². The number of morpholine rings is 1. The molecule has 0 unspecified atom stereocenters. The van der Waals surface area contributed by atoms with Gasteiger partial charge in [0.1, 0.15) is 5.75 Å². The summed E-state index contributed by atoms with van der Waals surface area (Å²) in [6.07, 6.45) is 0.913. The number of hydrogen-bond acceptors (Lipinski definition) is 6. The van der Waals surface area contributed by atoms with Crippen LogP contribution in [0.15, 0.2) is 115 Å². The summed E-state index contributed by atoms with van der Waals surface area (Å²) in [7, 11) is 3.75. The number of hydrogen-bond donors (Lipinski definition) is 0. The molecule has 1 atom stereocenters. The molecule has 1 aromatic heterocycles. The number of nitrogens with zero attached hydrogens (tertiary/aromatic N) is 5. The molecule has 4 heterocycles. The van der Waals surface area contributed by atoms with E-state index in [1.165, 1.54) is 5.56 Å². The van der Waals surface area contributed by atoms with Gasteiger partial charge in [-0.05, 0) is 83.8 Å². The molecule has 5 aromatic carbocycles. The maximum absolute atomic E-state index is 15.4. The van der Waals surface area contributed by atoms with E-state index < -0.39 is 6.09 Å². The van der Waals surface area contributed by atoms with Crippen LogP contribution < -0.4 is 9.64 Å². The number of para-hydroxylation sites is 1. The fourth-order valence-electron chi connectivity index (χ4n) is 8.95. The average molecular weight is 788 g/mol. The van der Waals surface area contributed by atoms with Crippen LogP contribution in [0.5, 0.6) is 5.75 Å². The monoisotopic (exact) mass is 787 g/mol. The fourth-order valence-corrected chi connectivity index (χ4v) is 8.95. The molecule has 300 valence electrons. The van der Waals surface area contributed by atoms with Crippen molar-refractivity contribution in [2.75, 3.05) is 51.3 Å². The van der Waals surface area contributed by atoms with E-state index in [0.29, 0.717) is 56.1 Å². The summed E-state index contributed by atoms with van der Waals surface area (Å²) in [4.78, 5) is 51.2. The first kappa shape index (κ1) is 38.3. The standard InChI is InChI=1S/C49H49N5O5/c1-33-42(47(55)51(3)39-16-5-4-6-17-39)29-45(50(33)2)43-27-36-20-21-53(49(57)59-46-19-11-15-34-12-9-10-18-41(34)46)30-38(36)28-44(43)48(56)54-31-37-14-8-7-13-35(37)26-40(54)32-52-22-24-58-25-23-52/h4-19,27-29,40H,20-26,30-32H2,1-3H3/t40-/m0/s1. The van der Waals surface area contributed by atoms with Crippen LogP contribution in [-0.4, -0.2) is 89.7 Å². The van der Waals surface area contributed by atoms with Gasteiger partial charge >= 0.3 is 6.09 Å². The number of anilines is 1. The van der Waals surface area contributed by atoms with Gasteiger partial charge in [0.05, 0.1) is 18.8 Å². The number of benzene rings is 5. The lowest BCUT2D eigenvalue weighted by molar-refractivity contribution is 0.0193. The Morgan fingerprint density at radius 1 is 0.763 bits per heavy atom. The molecule has 59 heavy (non-hydrogen) atoms. The molecule has 10 nitrogen and oxygen atoms in total. The lowest BCUT2D eigenvalue weighted by Gasteiger charge is -2.41. The van der Waals surface area contributed by atoms with Gasteiger partial charge in [-0.25, -0.2) is 4.79 Å². The molecule has 0 spiro atoms. The predicted molar refractivity (Wildman–Crippen MR) is 230 cm³/mol. The summed E-state index contributed by atoms with van der Waals surface area (Å²) in [5.74, 6) is 0.322. The highest BCUT2D eigenvalue weighted by Gasteiger charge is 2.35. The Morgan fingerprint density at radius 2 is 1.49 bits per heavy atom. The molecule has 3 aliphatic rings. The second-order valence-corrected chi connectivity index (χ2v) is 15.9. The van der Waals surface area contributed by atoms with Crippen molar-refractivity contribution in [1.82, 2.24) is 19.3 Å². The van der Waals surface area contributed by atoms with Gasteiger partial charge in [0.25, 0.3) is 11.8 Å². The number of ether oxygens (including phenoxy) is 2. The molecule has 0 aliphatic carbocycles. The zero-order valence-electron chi connectivity index (χ0n) is 33.9. The van der Waals surface area contributed by atoms with Crippen LogP contribution in [0.2, 0.25) is 0 Å². The number of fused-ring (bicyclic) bond motifs is 3. The Kier molecular flexibility index (Phi) is 10.5. The van der Waals surface area contributed by atoms with Crippen LogP contribution in [0.3, 0.4) is 0 Å². The number of aromatic nitrogens is 1. The van der Waals surface area contributed by atoms with Gasteiger partial charge in [-0.2, -0.15) is 0 Å². The van der Waals surface area contributed by atoms with Gasteiger partial charge in [0.2, 0.25) is 0 Å². The third kappa shape index (κ3) is 7.50. The van der Waals surface area contributed by atoms with Crippen molar-refractivity contribution in [3.05, 3.63) is 154 Å². The molecule has 0 saturated carbocycles. The van der Waals surface area contributed by atoms with Crippen molar-refractivity contribution < 1.29 is 23.9 Å². The van der Waals surface area contributed by atoms with Crippen LogP contribution in [-0.2, 0) is 37.7 Å². The lowest BCUT2D eigenvalue weighted by atomic mass is 9.89. The quantitative estimate of drug-likeness (QED) is 0.164. The molecule has 0 N–H and O–H groups in total. The second kappa shape index (κ2) is 16.2. The predicted octanol–water partition coefficient (Wildman–Crippen LogP) is 7.89. The average Bonchev–Trinajstić information content (AvgIpc) is 3.58. The van der Waals surface area contributed by atoms with E-state index in [2.05, 4.69) is 29.2 Å². The van der Waals surface area contributed by atoms with Crippen LogP contribution in [0, 0.1) is 6.92 Å². The highest BCUT2D eigenvalue weighted by Crippen LogP contribution is 2.36. The number of amides is 3. The smallest absolute Gasteiger partial charge is 0.410 e. The van der Waals surface area contributed by atoms with Gasteiger partial charge in [-0.15, -0.1) is 0 Å². The highest BCUT2D eigenvalue weighted by molar-refractivity contribution is 6.08. The molecular weight excluding hydrogens is 739 g/mol. The number of rotatable bonds is 7.